The normalized spacial score (nSPS) is 13.6. The molecule has 1 fully saturated rings. The molecule has 0 saturated heterocycles. The van der Waals surface area contributed by atoms with Crippen molar-refractivity contribution in [3.63, 3.8) is 0 Å². The molecule has 2 aromatic heterocycles. The molecule has 0 atom stereocenters. The number of halogens is 1. The van der Waals surface area contributed by atoms with Gasteiger partial charge in [0.05, 0.1) is 6.54 Å². The Bertz CT molecular complexity index is 1220. The Kier molecular flexibility index (Phi) is 7.64. The number of aryl methyl sites for hydroxylation is 1. The number of amides is 3. The molecule has 0 bridgehead atoms. The second-order valence-corrected chi connectivity index (χ2v) is 9.39. The number of nitrogens with zero attached hydrogens (tertiary/aromatic N) is 5. The van der Waals surface area contributed by atoms with E-state index in [1.807, 2.05) is 36.9 Å². The number of carbonyl (C=O) groups excluding carboxylic acids is 1. The summed E-state index contributed by atoms with van der Waals surface area (Å²) in [6, 6.07) is 9.15. The Balaban J connectivity index is 1.49. The van der Waals surface area contributed by atoms with Crippen LogP contribution in [0.1, 0.15) is 37.1 Å². The van der Waals surface area contributed by atoms with Gasteiger partial charge in [-0.1, -0.05) is 34.8 Å². The van der Waals surface area contributed by atoms with Crippen LogP contribution in [0.25, 0.3) is 11.4 Å². The molecule has 184 valence electrons. The third-order valence-corrected chi connectivity index (χ3v) is 7.06. The number of carboxylic acid groups (broad SMARTS) is 1. The highest BCUT2D eigenvalue weighted by atomic mass is 79.9. The zero-order valence-corrected chi connectivity index (χ0v) is 21.2. The van der Waals surface area contributed by atoms with Crippen LogP contribution in [0.2, 0.25) is 0 Å². The Morgan fingerprint density at radius 3 is 2.71 bits per heavy atom. The summed E-state index contributed by atoms with van der Waals surface area (Å²) in [4.78, 5) is 34.7. The standard InChI is InChI=1S/C24H28BrN7O3/c1-15-19(25)8-5-9-20(15)28-23(33)31(18-6-3-4-7-18)12-13-32-16(2)27-22(30-32)17-10-11-26-21(14-17)29-24(34)35/h5,8-11,14,18H,3-4,6-7,12-13H2,1-2H3,(H,26,29)(H,28,33)(H,34,35). The molecule has 10 nitrogen and oxygen atoms in total. The first kappa shape index (κ1) is 24.6. The molecule has 0 spiro atoms. The maximum atomic E-state index is 13.3. The van der Waals surface area contributed by atoms with Crippen molar-refractivity contribution < 1.29 is 14.7 Å². The van der Waals surface area contributed by atoms with E-state index >= 15 is 0 Å². The lowest BCUT2D eigenvalue weighted by molar-refractivity contribution is 0.184. The highest BCUT2D eigenvalue weighted by Gasteiger charge is 2.27. The average molecular weight is 542 g/mol. The topological polar surface area (TPSA) is 125 Å². The van der Waals surface area contributed by atoms with Gasteiger partial charge in [-0.15, -0.1) is 0 Å². The van der Waals surface area contributed by atoms with Crippen LogP contribution in [0.15, 0.2) is 41.0 Å². The number of urea groups is 1. The van der Waals surface area contributed by atoms with E-state index in [1.165, 1.54) is 6.20 Å². The first-order valence-corrected chi connectivity index (χ1v) is 12.3. The van der Waals surface area contributed by atoms with E-state index < -0.39 is 6.09 Å². The van der Waals surface area contributed by atoms with Crippen molar-refractivity contribution in [3.8, 4) is 11.4 Å². The van der Waals surface area contributed by atoms with Gasteiger partial charge in [-0.05, 0) is 56.5 Å². The summed E-state index contributed by atoms with van der Waals surface area (Å²) in [7, 11) is 0. The lowest BCUT2D eigenvalue weighted by Gasteiger charge is -2.29. The summed E-state index contributed by atoms with van der Waals surface area (Å²) >= 11 is 3.53. The van der Waals surface area contributed by atoms with E-state index in [0.29, 0.717) is 30.3 Å². The molecule has 3 aromatic rings. The fraction of sp³-hybridized carbons (Fsp3) is 0.375. The fourth-order valence-electron chi connectivity index (χ4n) is 4.30. The first-order valence-electron chi connectivity index (χ1n) is 11.5. The average Bonchev–Trinajstić information content (AvgIpc) is 3.47. The number of hydrogen-bond donors (Lipinski definition) is 3. The van der Waals surface area contributed by atoms with Crippen LogP contribution < -0.4 is 10.6 Å². The quantitative estimate of drug-likeness (QED) is 0.373. The Morgan fingerprint density at radius 2 is 1.97 bits per heavy atom. The van der Waals surface area contributed by atoms with Crippen LogP contribution in [0.4, 0.5) is 21.1 Å². The second kappa shape index (κ2) is 10.9. The zero-order valence-electron chi connectivity index (χ0n) is 19.7. The summed E-state index contributed by atoms with van der Waals surface area (Å²) < 4.78 is 2.73. The lowest BCUT2D eigenvalue weighted by Crippen LogP contribution is -2.43. The van der Waals surface area contributed by atoms with Crippen molar-refractivity contribution in [2.24, 2.45) is 0 Å². The minimum atomic E-state index is -1.19. The minimum absolute atomic E-state index is 0.116. The second-order valence-electron chi connectivity index (χ2n) is 8.54. The van der Waals surface area contributed by atoms with E-state index in [9.17, 15) is 9.59 Å². The van der Waals surface area contributed by atoms with Gasteiger partial charge in [0.15, 0.2) is 5.82 Å². The molecule has 0 unspecified atom stereocenters. The third-order valence-electron chi connectivity index (χ3n) is 6.20. The SMILES string of the molecule is Cc1c(Br)cccc1NC(=O)N(CCn1nc(-c2ccnc(NC(=O)O)c2)nc1C)C1CCCC1. The van der Waals surface area contributed by atoms with Crippen LogP contribution in [0.3, 0.4) is 0 Å². The molecule has 11 heteroatoms. The van der Waals surface area contributed by atoms with Crippen LogP contribution in [0.5, 0.6) is 0 Å². The number of aromatic nitrogens is 4. The largest absolute Gasteiger partial charge is 0.465 e. The van der Waals surface area contributed by atoms with Crippen molar-refractivity contribution in [2.75, 3.05) is 17.2 Å². The number of anilines is 2. The molecule has 0 radical (unpaired) electrons. The van der Waals surface area contributed by atoms with Gasteiger partial charge in [-0.2, -0.15) is 5.10 Å². The summed E-state index contributed by atoms with van der Waals surface area (Å²) in [5, 5.41) is 18.9. The van der Waals surface area contributed by atoms with Gasteiger partial charge >= 0.3 is 12.1 Å². The molecule has 1 aliphatic rings. The molecule has 3 N–H and O–H groups in total. The van der Waals surface area contributed by atoms with Crippen molar-refractivity contribution in [2.45, 2.75) is 52.1 Å². The summed E-state index contributed by atoms with van der Waals surface area (Å²) in [6.45, 7) is 4.82. The number of hydrogen-bond acceptors (Lipinski definition) is 5. The molecule has 1 saturated carbocycles. The van der Waals surface area contributed by atoms with E-state index in [4.69, 9.17) is 5.11 Å². The van der Waals surface area contributed by atoms with Crippen LogP contribution in [-0.4, -0.2) is 54.5 Å². The highest BCUT2D eigenvalue weighted by molar-refractivity contribution is 9.10. The molecular formula is C24H28BrN7O3. The van der Waals surface area contributed by atoms with Crippen LogP contribution >= 0.6 is 15.9 Å². The van der Waals surface area contributed by atoms with E-state index in [-0.39, 0.29) is 17.9 Å². The predicted molar refractivity (Wildman–Crippen MR) is 136 cm³/mol. The van der Waals surface area contributed by atoms with Crippen molar-refractivity contribution in [1.29, 1.82) is 0 Å². The van der Waals surface area contributed by atoms with E-state index in [1.54, 1.807) is 16.8 Å². The molecule has 1 aliphatic carbocycles. The third kappa shape index (κ3) is 5.97. The van der Waals surface area contributed by atoms with Gasteiger partial charge in [-0.25, -0.2) is 24.2 Å². The van der Waals surface area contributed by atoms with E-state index in [2.05, 4.69) is 41.6 Å². The number of rotatable bonds is 7. The van der Waals surface area contributed by atoms with Crippen LogP contribution in [-0.2, 0) is 6.54 Å². The Labute approximate surface area is 211 Å². The minimum Gasteiger partial charge on any atom is -0.465 e. The van der Waals surface area contributed by atoms with Gasteiger partial charge in [0, 0.05) is 34.5 Å². The van der Waals surface area contributed by atoms with Crippen molar-refractivity contribution in [1.82, 2.24) is 24.6 Å². The van der Waals surface area contributed by atoms with Crippen molar-refractivity contribution >= 4 is 39.6 Å². The molecule has 1 aromatic carbocycles. The summed E-state index contributed by atoms with van der Waals surface area (Å²) in [5.41, 5.74) is 2.43. The molecule has 35 heavy (non-hydrogen) atoms. The Morgan fingerprint density at radius 1 is 1.20 bits per heavy atom. The van der Waals surface area contributed by atoms with Gasteiger partial charge in [-0.3, -0.25) is 5.32 Å². The highest BCUT2D eigenvalue weighted by Crippen LogP contribution is 2.27. The Hall–Kier alpha value is -3.47. The molecule has 3 amide bonds. The number of nitrogens with one attached hydrogen (secondary N) is 2. The first-order chi connectivity index (χ1) is 16.8. The number of benzene rings is 1. The number of pyridine rings is 1. The molecule has 2 heterocycles. The molecule has 0 aliphatic heterocycles. The van der Waals surface area contributed by atoms with Gasteiger partial charge in [0.1, 0.15) is 11.6 Å². The van der Waals surface area contributed by atoms with Gasteiger partial charge in [0.25, 0.3) is 0 Å². The predicted octanol–water partition coefficient (Wildman–Crippen LogP) is 5.29. The summed E-state index contributed by atoms with van der Waals surface area (Å²) in [6.07, 6.45) is 4.53. The lowest BCUT2D eigenvalue weighted by atomic mass is 10.2. The fourth-order valence-corrected chi connectivity index (χ4v) is 4.67. The maximum absolute atomic E-state index is 13.3. The maximum Gasteiger partial charge on any atom is 0.410 e. The van der Waals surface area contributed by atoms with Crippen molar-refractivity contribution in [3.05, 3.63) is 52.4 Å². The van der Waals surface area contributed by atoms with Gasteiger partial charge < -0.3 is 15.3 Å². The smallest absolute Gasteiger partial charge is 0.410 e. The van der Waals surface area contributed by atoms with Crippen LogP contribution in [0, 0.1) is 13.8 Å². The van der Waals surface area contributed by atoms with E-state index in [0.717, 1.165) is 41.4 Å². The zero-order chi connectivity index (χ0) is 24.9. The van der Waals surface area contributed by atoms with Gasteiger partial charge in [0.2, 0.25) is 0 Å². The monoisotopic (exact) mass is 541 g/mol. The number of carbonyl (C=O) groups is 2. The molecular weight excluding hydrogens is 514 g/mol. The summed E-state index contributed by atoms with van der Waals surface area (Å²) in [5.74, 6) is 1.38. The molecule has 4 rings (SSSR count).